The molecule has 7 heteroatoms. The van der Waals surface area contributed by atoms with Crippen molar-refractivity contribution >= 4 is 5.82 Å². The number of hydrogen-bond acceptors (Lipinski definition) is 6. The highest BCUT2D eigenvalue weighted by Crippen LogP contribution is 2.16. The predicted molar refractivity (Wildman–Crippen MR) is 90.9 cm³/mol. The number of nitrogens with zero attached hydrogens (tertiary/aromatic N) is 7. The van der Waals surface area contributed by atoms with E-state index in [1.165, 1.54) is 0 Å². The minimum absolute atomic E-state index is 0.793. The molecule has 1 saturated heterocycles. The van der Waals surface area contributed by atoms with Crippen LogP contribution in [0.2, 0.25) is 0 Å². The summed E-state index contributed by atoms with van der Waals surface area (Å²) >= 11 is 0. The zero-order chi connectivity index (χ0) is 16.2. The summed E-state index contributed by atoms with van der Waals surface area (Å²) < 4.78 is 1.75. The van der Waals surface area contributed by atoms with E-state index < -0.39 is 0 Å². The van der Waals surface area contributed by atoms with Crippen LogP contribution in [0, 0.1) is 0 Å². The van der Waals surface area contributed by atoms with E-state index in [0.29, 0.717) is 0 Å². The van der Waals surface area contributed by atoms with Crippen LogP contribution in [0.3, 0.4) is 0 Å². The molecule has 24 heavy (non-hydrogen) atoms. The highest BCUT2D eigenvalue weighted by Gasteiger charge is 2.19. The molecule has 0 radical (unpaired) electrons. The van der Waals surface area contributed by atoms with Crippen LogP contribution in [0.25, 0.3) is 5.82 Å². The van der Waals surface area contributed by atoms with Crippen molar-refractivity contribution in [1.29, 1.82) is 0 Å². The van der Waals surface area contributed by atoms with Gasteiger partial charge in [0.15, 0.2) is 5.82 Å². The van der Waals surface area contributed by atoms with Gasteiger partial charge in [0.1, 0.15) is 12.1 Å². The second-order valence-electron chi connectivity index (χ2n) is 5.77. The van der Waals surface area contributed by atoms with Crippen molar-refractivity contribution in [3.05, 3.63) is 60.9 Å². The van der Waals surface area contributed by atoms with Crippen LogP contribution in [0.15, 0.2) is 55.2 Å². The van der Waals surface area contributed by atoms with Crippen molar-refractivity contribution in [3.8, 4) is 5.82 Å². The standard InChI is InChI=1S/C17H19N7/c1-2-5-18-15(4-1)13-22-8-10-23(11-9-22)16-12-17(20-14-19-16)24-7-3-6-21-24/h1-7,12,14H,8-11,13H2. The van der Waals surface area contributed by atoms with Crippen molar-refractivity contribution in [2.45, 2.75) is 6.54 Å². The fraction of sp³-hybridized carbons (Fsp3) is 0.294. The third-order valence-electron chi connectivity index (χ3n) is 4.19. The molecule has 4 rings (SSSR count). The van der Waals surface area contributed by atoms with Crippen LogP contribution in [0.5, 0.6) is 0 Å². The molecule has 0 aliphatic carbocycles. The summed E-state index contributed by atoms with van der Waals surface area (Å²) in [6.07, 6.45) is 7.09. The zero-order valence-electron chi connectivity index (χ0n) is 13.4. The van der Waals surface area contributed by atoms with Gasteiger partial charge in [0.05, 0.1) is 5.69 Å². The maximum atomic E-state index is 4.42. The van der Waals surface area contributed by atoms with Crippen LogP contribution in [-0.4, -0.2) is 55.8 Å². The van der Waals surface area contributed by atoms with E-state index in [0.717, 1.165) is 50.1 Å². The molecule has 122 valence electrons. The normalized spacial score (nSPS) is 15.6. The number of anilines is 1. The Morgan fingerprint density at radius 3 is 2.50 bits per heavy atom. The molecule has 3 aromatic heterocycles. The molecule has 1 fully saturated rings. The predicted octanol–water partition coefficient (Wildman–Crippen LogP) is 1.38. The van der Waals surface area contributed by atoms with Crippen molar-refractivity contribution < 1.29 is 0 Å². The molecule has 0 atom stereocenters. The minimum atomic E-state index is 0.793. The van der Waals surface area contributed by atoms with E-state index in [1.807, 2.05) is 36.7 Å². The van der Waals surface area contributed by atoms with E-state index in [2.05, 4.69) is 35.9 Å². The fourth-order valence-electron chi connectivity index (χ4n) is 2.90. The van der Waals surface area contributed by atoms with Gasteiger partial charge in [-0.05, 0) is 18.2 Å². The Balaban J connectivity index is 1.40. The molecule has 0 amide bonds. The van der Waals surface area contributed by atoms with Gasteiger partial charge in [0, 0.05) is 57.4 Å². The van der Waals surface area contributed by atoms with Gasteiger partial charge in [-0.2, -0.15) is 5.10 Å². The lowest BCUT2D eigenvalue weighted by Gasteiger charge is -2.35. The van der Waals surface area contributed by atoms with Gasteiger partial charge in [-0.3, -0.25) is 9.88 Å². The minimum Gasteiger partial charge on any atom is -0.354 e. The number of piperazine rings is 1. The molecule has 4 heterocycles. The van der Waals surface area contributed by atoms with Gasteiger partial charge in [0.25, 0.3) is 0 Å². The van der Waals surface area contributed by atoms with Crippen LogP contribution in [0.1, 0.15) is 5.69 Å². The first kappa shape index (κ1) is 14.8. The average molecular weight is 321 g/mol. The first-order valence-electron chi connectivity index (χ1n) is 8.08. The van der Waals surface area contributed by atoms with Gasteiger partial charge in [-0.25, -0.2) is 14.6 Å². The molecule has 1 aliphatic heterocycles. The smallest absolute Gasteiger partial charge is 0.158 e. The summed E-state index contributed by atoms with van der Waals surface area (Å²) in [6, 6.07) is 9.94. The first-order valence-corrected chi connectivity index (χ1v) is 8.08. The summed E-state index contributed by atoms with van der Waals surface area (Å²) in [4.78, 5) is 17.8. The fourth-order valence-corrected chi connectivity index (χ4v) is 2.90. The molecule has 0 unspecified atom stereocenters. The second-order valence-corrected chi connectivity index (χ2v) is 5.77. The Kier molecular flexibility index (Phi) is 4.16. The topological polar surface area (TPSA) is 63.0 Å². The third-order valence-corrected chi connectivity index (χ3v) is 4.19. The maximum absolute atomic E-state index is 4.42. The van der Waals surface area contributed by atoms with Gasteiger partial charge in [-0.15, -0.1) is 0 Å². The molecular formula is C17H19N7. The zero-order valence-corrected chi connectivity index (χ0v) is 13.4. The van der Waals surface area contributed by atoms with E-state index in [1.54, 1.807) is 17.2 Å². The van der Waals surface area contributed by atoms with Gasteiger partial charge in [-0.1, -0.05) is 6.07 Å². The SMILES string of the molecule is c1ccc(CN2CCN(c3cc(-n4cccn4)ncn3)CC2)nc1. The quantitative estimate of drug-likeness (QED) is 0.723. The van der Waals surface area contributed by atoms with E-state index in [9.17, 15) is 0 Å². The first-order chi connectivity index (χ1) is 11.9. The van der Waals surface area contributed by atoms with E-state index in [4.69, 9.17) is 0 Å². The molecule has 0 N–H and O–H groups in total. The van der Waals surface area contributed by atoms with Crippen molar-refractivity contribution in [3.63, 3.8) is 0 Å². The Bertz CT molecular complexity index is 765. The molecular weight excluding hydrogens is 302 g/mol. The van der Waals surface area contributed by atoms with E-state index in [-0.39, 0.29) is 0 Å². The van der Waals surface area contributed by atoms with Gasteiger partial charge >= 0.3 is 0 Å². The Labute approximate surface area is 140 Å². The molecule has 0 saturated carbocycles. The lowest BCUT2D eigenvalue weighted by molar-refractivity contribution is 0.246. The lowest BCUT2D eigenvalue weighted by atomic mass is 10.2. The molecule has 0 aromatic carbocycles. The highest BCUT2D eigenvalue weighted by atomic mass is 15.3. The third kappa shape index (κ3) is 3.26. The number of pyridine rings is 1. The lowest BCUT2D eigenvalue weighted by Crippen LogP contribution is -2.46. The summed E-state index contributed by atoms with van der Waals surface area (Å²) in [5, 5.41) is 4.22. The number of aromatic nitrogens is 5. The number of rotatable bonds is 4. The molecule has 1 aliphatic rings. The molecule has 0 bridgehead atoms. The molecule has 3 aromatic rings. The second kappa shape index (κ2) is 6.76. The molecule has 7 nitrogen and oxygen atoms in total. The summed E-state index contributed by atoms with van der Waals surface area (Å²) in [6.45, 7) is 4.79. The number of hydrogen-bond donors (Lipinski definition) is 0. The van der Waals surface area contributed by atoms with Gasteiger partial charge in [0.2, 0.25) is 0 Å². The van der Waals surface area contributed by atoms with Crippen LogP contribution in [-0.2, 0) is 6.54 Å². The van der Waals surface area contributed by atoms with Crippen molar-refractivity contribution in [2.75, 3.05) is 31.1 Å². The largest absolute Gasteiger partial charge is 0.354 e. The Hall–Kier alpha value is -2.80. The summed E-state index contributed by atoms with van der Waals surface area (Å²) in [7, 11) is 0. The summed E-state index contributed by atoms with van der Waals surface area (Å²) in [5.41, 5.74) is 1.12. The highest BCUT2D eigenvalue weighted by molar-refractivity contribution is 5.43. The summed E-state index contributed by atoms with van der Waals surface area (Å²) in [5.74, 6) is 1.74. The van der Waals surface area contributed by atoms with E-state index >= 15 is 0 Å². The van der Waals surface area contributed by atoms with Crippen LogP contribution >= 0.6 is 0 Å². The Morgan fingerprint density at radius 2 is 1.75 bits per heavy atom. The van der Waals surface area contributed by atoms with Crippen molar-refractivity contribution in [1.82, 2.24) is 29.6 Å². The average Bonchev–Trinajstić information content (AvgIpc) is 3.18. The molecule has 0 spiro atoms. The van der Waals surface area contributed by atoms with Gasteiger partial charge < -0.3 is 4.90 Å². The van der Waals surface area contributed by atoms with Crippen LogP contribution < -0.4 is 4.90 Å². The maximum Gasteiger partial charge on any atom is 0.158 e. The van der Waals surface area contributed by atoms with Crippen LogP contribution in [0.4, 0.5) is 5.82 Å². The monoisotopic (exact) mass is 321 g/mol. The van der Waals surface area contributed by atoms with Crippen molar-refractivity contribution in [2.24, 2.45) is 0 Å². The Morgan fingerprint density at radius 1 is 0.875 bits per heavy atom.